The summed E-state index contributed by atoms with van der Waals surface area (Å²) in [7, 11) is 0. The van der Waals surface area contributed by atoms with Crippen LogP contribution in [-0.4, -0.2) is 19.8 Å². The Kier molecular flexibility index (Phi) is 10.6. The summed E-state index contributed by atoms with van der Waals surface area (Å²) in [6.45, 7) is 4.65. The van der Waals surface area contributed by atoms with Crippen LogP contribution in [0.15, 0.2) is 0 Å². The Morgan fingerprint density at radius 3 is 2.17 bits per heavy atom. The molecule has 0 bridgehead atoms. The molecule has 18 heavy (non-hydrogen) atoms. The summed E-state index contributed by atoms with van der Waals surface area (Å²) in [4.78, 5) is 0. The van der Waals surface area contributed by atoms with Crippen LogP contribution in [0.2, 0.25) is 0 Å². The van der Waals surface area contributed by atoms with E-state index in [4.69, 9.17) is 9.47 Å². The van der Waals surface area contributed by atoms with Crippen molar-refractivity contribution in [3.63, 3.8) is 0 Å². The van der Waals surface area contributed by atoms with Gasteiger partial charge in [-0.1, -0.05) is 64.7 Å². The highest BCUT2D eigenvalue weighted by molar-refractivity contribution is 4.79. The van der Waals surface area contributed by atoms with E-state index in [9.17, 15) is 0 Å². The molecule has 1 heterocycles. The molecule has 0 aromatic heterocycles. The zero-order valence-corrected chi connectivity index (χ0v) is 12.2. The first-order valence-corrected chi connectivity index (χ1v) is 7.98. The van der Waals surface area contributed by atoms with Crippen LogP contribution >= 0.6 is 0 Å². The van der Waals surface area contributed by atoms with Crippen molar-refractivity contribution >= 4 is 0 Å². The van der Waals surface area contributed by atoms with E-state index in [1.54, 1.807) is 0 Å². The van der Waals surface area contributed by atoms with Crippen LogP contribution in [0.1, 0.15) is 77.6 Å². The normalized spacial score (nSPS) is 17.8. The van der Waals surface area contributed by atoms with Crippen LogP contribution in [0.5, 0.6) is 0 Å². The standard InChI is InChI=1S/C16H31O2/c1-2-3-4-5-6-7-8-9-10-11-16-12-13-17-14-15-18-16/h2-15H2,1H3. The summed E-state index contributed by atoms with van der Waals surface area (Å²) >= 11 is 0. The lowest BCUT2D eigenvalue weighted by molar-refractivity contribution is 0.100. The molecule has 0 spiro atoms. The quantitative estimate of drug-likeness (QED) is 0.518. The molecule has 1 saturated heterocycles. The molecule has 0 aliphatic carbocycles. The average molecular weight is 255 g/mol. The monoisotopic (exact) mass is 255 g/mol. The fourth-order valence-corrected chi connectivity index (χ4v) is 2.44. The molecule has 0 unspecified atom stereocenters. The van der Waals surface area contributed by atoms with Gasteiger partial charge in [-0.15, -0.1) is 0 Å². The molecule has 107 valence electrons. The van der Waals surface area contributed by atoms with Crippen molar-refractivity contribution in [2.45, 2.75) is 77.6 Å². The molecule has 1 aliphatic heterocycles. The van der Waals surface area contributed by atoms with Gasteiger partial charge in [0.1, 0.15) is 0 Å². The lowest BCUT2D eigenvalue weighted by Crippen LogP contribution is -2.03. The van der Waals surface area contributed by atoms with E-state index in [-0.39, 0.29) is 0 Å². The molecule has 0 saturated carbocycles. The molecule has 2 nitrogen and oxygen atoms in total. The topological polar surface area (TPSA) is 18.5 Å². The van der Waals surface area contributed by atoms with Crippen LogP contribution in [0, 0.1) is 6.10 Å². The van der Waals surface area contributed by atoms with Crippen molar-refractivity contribution in [3.05, 3.63) is 6.10 Å². The molecule has 1 radical (unpaired) electrons. The van der Waals surface area contributed by atoms with Crippen molar-refractivity contribution in [2.75, 3.05) is 19.8 Å². The molecular formula is C16H31O2. The fourth-order valence-electron chi connectivity index (χ4n) is 2.44. The smallest absolute Gasteiger partial charge is 0.0994 e. The second-order valence-corrected chi connectivity index (χ2v) is 5.33. The second-order valence-electron chi connectivity index (χ2n) is 5.33. The zero-order valence-electron chi connectivity index (χ0n) is 12.2. The third-order valence-electron chi connectivity index (χ3n) is 3.62. The maximum absolute atomic E-state index is 5.67. The van der Waals surface area contributed by atoms with Crippen molar-refractivity contribution < 1.29 is 9.47 Å². The first-order chi connectivity index (χ1) is 8.93. The van der Waals surface area contributed by atoms with Gasteiger partial charge < -0.3 is 9.47 Å². The van der Waals surface area contributed by atoms with E-state index in [1.165, 1.54) is 63.9 Å². The summed E-state index contributed by atoms with van der Waals surface area (Å²) in [5.41, 5.74) is 0. The molecule has 0 aromatic carbocycles. The number of hydrogen-bond donors (Lipinski definition) is 0. The van der Waals surface area contributed by atoms with E-state index in [1.807, 2.05) is 0 Å². The van der Waals surface area contributed by atoms with Gasteiger partial charge in [-0.25, -0.2) is 0 Å². The van der Waals surface area contributed by atoms with Crippen LogP contribution in [-0.2, 0) is 9.47 Å². The van der Waals surface area contributed by atoms with Gasteiger partial charge in [-0.3, -0.25) is 0 Å². The molecule has 1 fully saturated rings. The summed E-state index contributed by atoms with van der Waals surface area (Å²) in [5, 5.41) is 0. The van der Waals surface area contributed by atoms with Gasteiger partial charge in [-0.05, 0) is 6.42 Å². The van der Waals surface area contributed by atoms with Gasteiger partial charge in [0.15, 0.2) is 0 Å². The Labute approximate surface area is 113 Å². The highest BCUT2D eigenvalue weighted by atomic mass is 16.5. The summed E-state index contributed by atoms with van der Waals surface area (Å²) in [6.07, 6.45) is 16.0. The molecule has 1 aliphatic rings. The molecule has 0 amide bonds. The largest absolute Gasteiger partial charge is 0.379 e. The predicted octanol–water partition coefficient (Wildman–Crippen LogP) is 4.88. The summed E-state index contributed by atoms with van der Waals surface area (Å²) in [6, 6.07) is 0. The number of unbranched alkanes of at least 4 members (excludes halogenated alkanes) is 8. The molecule has 0 aromatic rings. The highest BCUT2D eigenvalue weighted by Crippen LogP contribution is 2.20. The number of rotatable bonds is 10. The Morgan fingerprint density at radius 2 is 1.44 bits per heavy atom. The van der Waals surface area contributed by atoms with Gasteiger partial charge in [-0.2, -0.15) is 0 Å². The lowest BCUT2D eigenvalue weighted by atomic mass is 10.0. The van der Waals surface area contributed by atoms with Crippen molar-refractivity contribution in [3.8, 4) is 0 Å². The molecule has 1 rings (SSSR count). The van der Waals surface area contributed by atoms with Gasteiger partial charge in [0.2, 0.25) is 0 Å². The zero-order chi connectivity index (χ0) is 12.9. The number of ether oxygens (including phenoxy) is 2. The van der Waals surface area contributed by atoms with E-state index in [0.717, 1.165) is 32.7 Å². The van der Waals surface area contributed by atoms with E-state index in [0.29, 0.717) is 0 Å². The molecule has 0 atom stereocenters. The molecular weight excluding hydrogens is 224 g/mol. The third kappa shape index (κ3) is 8.93. The maximum atomic E-state index is 5.67. The van der Waals surface area contributed by atoms with Crippen LogP contribution in [0.25, 0.3) is 0 Å². The molecule has 2 heteroatoms. The Morgan fingerprint density at radius 1 is 0.778 bits per heavy atom. The van der Waals surface area contributed by atoms with Gasteiger partial charge in [0, 0.05) is 13.0 Å². The maximum Gasteiger partial charge on any atom is 0.0994 e. The van der Waals surface area contributed by atoms with Crippen molar-refractivity contribution in [1.29, 1.82) is 0 Å². The minimum Gasteiger partial charge on any atom is -0.379 e. The Bertz CT molecular complexity index is 162. The minimum absolute atomic E-state index is 0.757. The van der Waals surface area contributed by atoms with Crippen molar-refractivity contribution in [2.24, 2.45) is 0 Å². The van der Waals surface area contributed by atoms with E-state index >= 15 is 0 Å². The first-order valence-electron chi connectivity index (χ1n) is 7.98. The van der Waals surface area contributed by atoms with Crippen LogP contribution in [0.3, 0.4) is 0 Å². The average Bonchev–Trinajstić information content (AvgIpc) is 2.65. The SMILES string of the molecule is CCCCCCCCCCC[C]1CCOCCO1. The van der Waals surface area contributed by atoms with Crippen LogP contribution in [0.4, 0.5) is 0 Å². The van der Waals surface area contributed by atoms with E-state index in [2.05, 4.69) is 6.92 Å². The Hall–Kier alpha value is -0.0800. The second kappa shape index (κ2) is 12.0. The molecule has 0 N–H and O–H groups in total. The van der Waals surface area contributed by atoms with Crippen LogP contribution < -0.4 is 0 Å². The van der Waals surface area contributed by atoms with Crippen molar-refractivity contribution in [1.82, 2.24) is 0 Å². The van der Waals surface area contributed by atoms with Gasteiger partial charge >= 0.3 is 0 Å². The van der Waals surface area contributed by atoms with Gasteiger partial charge in [0.25, 0.3) is 0 Å². The Balaban J connectivity index is 1.80. The van der Waals surface area contributed by atoms with E-state index < -0.39 is 0 Å². The lowest BCUT2D eigenvalue weighted by Gasteiger charge is -2.12. The minimum atomic E-state index is 0.757. The first kappa shape index (κ1) is 16.0. The predicted molar refractivity (Wildman–Crippen MR) is 76.5 cm³/mol. The summed E-state index contributed by atoms with van der Waals surface area (Å²) < 4.78 is 11.0. The fraction of sp³-hybridized carbons (Fsp3) is 0.938. The summed E-state index contributed by atoms with van der Waals surface area (Å²) in [5.74, 6) is 0. The van der Waals surface area contributed by atoms with Gasteiger partial charge in [0.05, 0.1) is 19.3 Å². The highest BCUT2D eigenvalue weighted by Gasteiger charge is 2.13. The number of hydrogen-bond acceptors (Lipinski definition) is 2. The third-order valence-corrected chi connectivity index (χ3v) is 3.62.